The number of aromatic nitrogens is 1. The van der Waals surface area contributed by atoms with E-state index in [1.54, 1.807) is 24.7 Å². The Morgan fingerprint density at radius 2 is 1.50 bits per heavy atom. The third-order valence-electron chi connectivity index (χ3n) is 3.64. The minimum atomic E-state index is 0.449. The Bertz CT molecular complexity index is 715. The van der Waals surface area contributed by atoms with Gasteiger partial charge in [0.2, 0.25) is 5.88 Å². The topological polar surface area (TPSA) is 77.3 Å². The van der Waals surface area contributed by atoms with Gasteiger partial charge in [0.1, 0.15) is 6.61 Å². The van der Waals surface area contributed by atoms with Gasteiger partial charge in [0.05, 0.1) is 32.2 Å². The Balaban J connectivity index is 1.66. The van der Waals surface area contributed by atoms with E-state index in [2.05, 4.69) is 27.4 Å². The number of hydrogen-bond donors (Lipinski definition) is 1. The van der Waals surface area contributed by atoms with E-state index in [4.69, 9.17) is 14.2 Å². The van der Waals surface area contributed by atoms with Crippen molar-refractivity contribution in [3.63, 3.8) is 0 Å². The first kappa shape index (κ1) is 21.5. The van der Waals surface area contributed by atoms with E-state index in [-0.39, 0.29) is 0 Å². The summed E-state index contributed by atoms with van der Waals surface area (Å²) in [6.07, 6.45) is 6.06. The lowest BCUT2D eigenvalue weighted by atomic mass is 10.2. The molecule has 0 atom stereocenters. The van der Waals surface area contributed by atoms with Crippen LogP contribution in [0.1, 0.15) is 24.5 Å². The van der Waals surface area contributed by atoms with Crippen LogP contribution < -0.4 is 10.1 Å². The van der Waals surface area contributed by atoms with Crippen molar-refractivity contribution in [3.05, 3.63) is 53.7 Å². The van der Waals surface area contributed by atoms with E-state index >= 15 is 0 Å². The van der Waals surface area contributed by atoms with Crippen molar-refractivity contribution in [1.82, 2.24) is 4.98 Å². The summed E-state index contributed by atoms with van der Waals surface area (Å²) in [6.45, 7) is 5.00. The molecule has 0 aliphatic rings. The Morgan fingerprint density at radius 3 is 2.14 bits per heavy atom. The van der Waals surface area contributed by atoms with E-state index in [9.17, 15) is 0 Å². The van der Waals surface area contributed by atoms with Crippen molar-refractivity contribution in [2.24, 2.45) is 10.2 Å². The zero-order chi connectivity index (χ0) is 19.9. The number of nitrogens with one attached hydrogen (secondary N) is 1. The van der Waals surface area contributed by atoms with Gasteiger partial charge in [-0.1, -0.05) is 19.1 Å². The zero-order valence-electron chi connectivity index (χ0n) is 16.5. The molecule has 0 amide bonds. The third-order valence-corrected chi connectivity index (χ3v) is 3.64. The minimum absolute atomic E-state index is 0.449. The molecule has 0 radical (unpaired) electrons. The lowest BCUT2D eigenvalue weighted by Crippen LogP contribution is -2.11. The zero-order valence-corrected chi connectivity index (χ0v) is 16.5. The summed E-state index contributed by atoms with van der Waals surface area (Å²) < 4.78 is 16.3. The van der Waals surface area contributed by atoms with Crippen molar-refractivity contribution in [2.75, 3.05) is 45.4 Å². The van der Waals surface area contributed by atoms with Crippen molar-refractivity contribution in [3.8, 4) is 5.88 Å². The maximum Gasteiger partial charge on any atom is 0.213 e. The van der Waals surface area contributed by atoms with E-state index in [0.717, 1.165) is 29.8 Å². The summed E-state index contributed by atoms with van der Waals surface area (Å²) in [5, 5.41) is 11.2. The second kappa shape index (κ2) is 13.4. The van der Waals surface area contributed by atoms with Crippen molar-refractivity contribution in [1.29, 1.82) is 0 Å². The van der Waals surface area contributed by atoms with Gasteiger partial charge in [0, 0.05) is 37.2 Å². The van der Waals surface area contributed by atoms with Gasteiger partial charge in [0.15, 0.2) is 0 Å². The average molecular weight is 384 g/mol. The number of ether oxygens (including phenoxy) is 3. The molecule has 1 heterocycles. The first-order valence-corrected chi connectivity index (χ1v) is 9.40. The van der Waals surface area contributed by atoms with Crippen LogP contribution in [0.15, 0.2) is 52.8 Å². The predicted octanol–water partition coefficient (Wildman–Crippen LogP) is 3.40. The molecule has 1 N–H and O–H groups in total. The smallest absolute Gasteiger partial charge is 0.213 e. The van der Waals surface area contributed by atoms with Crippen LogP contribution in [-0.4, -0.2) is 57.5 Å². The lowest BCUT2D eigenvalue weighted by molar-refractivity contribution is 0.0361. The van der Waals surface area contributed by atoms with Gasteiger partial charge < -0.3 is 19.5 Å². The Kier molecular flexibility index (Phi) is 10.3. The molecule has 0 fully saturated rings. The van der Waals surface area contributed by atoms with E-state index in [0.29, 0.717) is 32.3 Å². The number of rotatable bonds is 13. The molecule has 0 spiro atoms. The highest BCUT2D eigenvalue weighted by atomic mass is 16.5. The van der Waals surface area contributed by atoms with Crippen LogP contribution in [0.3, 0.4) is 0 Å². The maximum atomic E-state index is 5.53. The molecular formula is C21H28N4O3. The number of nitrogens with zero attached hydrogens (tertiary/aromatic N) is 3. The monoisotopic (exact) mass is 384 g/mol. The van der Waals surface area contributed by atoms with Crippen LogP contribution in [0.5, 0.6) is 5.88 Å². The quantitative estimate of drug-likeness (QED) is 0.325. The number of hydrogen-bond acceptors (Lipinski definition) is 7. The van der Waals surface area contributed by atoms with Crippen LogP contribution in [0.4, 0.5) is 5.69 Å². The molecule has 0 aliphatic heterocycles. The van der Waals surface area contributed by atoms with Crippen LogP contribution in [-0.2, 0) is 9.47 Å². The van der Waals surface area contributed by atoms with Crippen molar-refractivity contribution in [2.45, 2.75) is 13.3 Å². The van der Waals surface area contributed by atoms with Gasteiger partial charge in [-0.05, 0) is 30.2 Å². The molecule has 2 rings (SSSR count). The summed E-state index contributed by atoms with van der Waals surface area (Å²) in [7, 11) is 1.89. The molecule has 0 saturated heterocycles. The summed E-state index contributed by atoms with van der Waals surface area (Å²) >= 11 is 0. The van der Waals surface area contributed by atoms with Gasteiger partial charge in [-0.3, -0.25) is 0 Å². The van der Waals surface area contributed by atoms with Crippen LogP contribution >= 0.6 is 0 Å². The Labute approximate surface area is 166 Å². The molecule has 1 aromatic carbocycles. The van der Waals surface area contributed by atoms with E-state index in [1.165, 1.54) is 0 Å². The van der Waals surface area contributed by atoms with Gasteiger partial charge in [-0.25, -0.2) is 4.98 Å². The predicted molar refractivity (Wildman–Crippen MR) is 113 cm³/mol. The third kappa shape index (κ3) is 8.75. The standard InChI is InChI=1S/C21H28N4O3/c1-3-10-26-11-12-27-13-14-28-21-9-6-19(15-23-21)17-25-24-16-18-4-7-20(22-2)8-5-18/h4-9,15-17,22H,3,10-14H2,1-2H3/b24-16+,25-17+. The number of pyridine rings is 1. The second-order valence-corrected chi connectivity index (χ2v) is 5.86. The van der Waals surface area contributed by atoms with Gasteiger partial charge in [0.25, 0.3) is 0 Å². The fraction of sp³-hybridized carbons (Fsp3) is 0.381. The van der Waals surface area contributed by atoms with E-state index < -0.39 is 0 Å². The van der Waals surface area contributed by atoms with Gasteiger partial charge >= 0.3 is 0 Å². The molecule has 150 valence electrons. The van der Waals surface area contributed by atoms with Crippen LogP contribution in [0, 0.1) is 0 Å². The molecule has 0 aliphatic carbocycles. The molecule has 0 bridgehead atoms. The average Bonchev–Trinajstić information content (AvgIpc) is 2.74. The highest BCUT2D eigenvalue weighted by molar-refractivity contribution is 5.82. The summed E-state index contributed by atoms with van der Waals surface area (Å²) in [6, 6.07) is 11.6. The molecule has 0 saturated carbocycles. The van der Waals surface area contributed by atoms with Gasteiger partial charge in [-0.15, -0.1) is 0 Å². The first-order chi connectivity index (χ1) is 13.8. The highest BCUT2D eigenvalue weighted by Gasteiger charge is 1.96. The molecule has 0 unspecified atom stereocenters. The summed E-state index contributed by atoms with van der Waals surface area (Å²) in [4.78, 5) is 4.24. The largest absolute Gasteiger partial charge is 0.475 e. The van der Waals surface area contributed by atoms with E-state index in [1.807, 2.05) is 37.4 Å². The second-order valence-electron chi connectivity index (χ2n) is 5.86. The summed E-state index contributed by atoms with van der Waals surface area (Å²) in [5.41, 5.74) is 2.89. The fourth-order valence-corrected chi connectivity index (χ4v) is 2.16. The van der Waals surface area contributed by atoms with Crippen molar-refractivity contribution >= 4 is 18.1 Å². The van der Waals surface area contributed by atoms with Crippen LogP contribution in [0.2, 0.25) is 0 Å². The fourth-order valence-electron chi connectivity index (χ4n) is 2.16. The number of benzene rings is 1. The Hall–Kier alpha value is -2.77. The van der Waals surface area contributed by atoms with Crippen LogP contribution in [0.25, 0.3) is 0 Å². The summed E-state index contributed by atoms with van der Waals surface area (Å²) in [5.74, 6) is 0.552. The molecular weight excluding hydrogens is 356 g/mol. The molecule has 2 aromatic rings. The normalized spacial score (nSPS) is 11.4. The van der Waals surface area contributed by atoms with Crippen molar-refractivity contribution < 1.29 is 14.2 Å². The first-order valence-electron chi connectivity index (χ1n) is 9.40. The minimum Gasteiger partial charge on any atom is -0.475 e. The molecule has 7 heteroatoms. The lowest BCUT2D eigenvalue weighted by Gasteiger charge is -2.06. The highest BCUT2D eigenvalue weighted by Crippen LogP contribution is 2.07. The molecule has 1 aromatic heterocycles. The molecule has 28 heavy (non-hydrogen) atoms. The van der Waals surface area contributed by atoms with Gasteiger partial charge in [-0.2, -0.15) is 10.2 Å². The number of anilines is 1. The Morgan fingerprint density at radius 1 is 0.857 bits per heavy atom. The SMILES string of the molecule is CCCOCCOCCOc1ccc(/C=N/N=C/c2ccc(NC)cc2)cn1. The maximum absolute atomic E-state index is 5.53. The molecule has 7 nitrogen and oxygen atoms in total.